The highest BCUT2D eigenvalue weighted by Gasteiger charge is 2.26. The summed E-state index contributed by atoms with van der Waals surface area (Å²) in [6.07, 6.45) is 5.79. The smallest absolute Gasteiger partial charge is 0.269 e. The van der Waals surface area contributed by atoms with Gasteiger partial charge in [-0.2, -0.15) is 0 Å². The number of fused-ring (bicyclic) bond motifs is 1. The number of carbonyl (C=O) groups excluding carboxylic acids is 1. The first-order valence-corrected chi connectivity index (χ1v) is 13.2. The number of para-hydroxylation sites is 3. The third-order valence-corrected chi connectivity index (χ3v) is 6.78. The molecule has 4 aromatic rings. The Hall–Kier alpha value is -4.79. The summed E-state index contributed by atoms with van der Waals surface area (Å²) < 4.78 is 7.11. The summed E-state index contributed by atoms with van der Waals surface area (Å²) in [7, 11) is 1.55. The van der Waals surface area contributed by atoms with Crippen LogP contribution < -0.4 is 10.3 Å². The lowest BCUT2D eigenvalue weighted by atomic mass is 10.1. The predicted octanol–water partition coefficient (Wildman–Crippen LogP) is 6.10. The molecule has 1 unspecified atom stereocenters. The Kier molecular flexibility index (Phi) is 9.06. The Morgan fingerprint density at radius 1 is 1.07 bits per heavy atom. The molecule has 0 bridgehead atoms. The van der Waals surface area contributed by atoms with Crippen molar-refractivity contribution < 1.29 is 14.5 Å². The maximum Gasteiger partial charge on any atom is 0.269 e. The molecule has 0 saturated heterocycles. The lowest BCUT2D eigenvalue weighted by Gasteiger charge is -2.30. The van der Waals surface area contributed by atoms with Crippen LogP contribution >= 0.6 is 0 Å². The number of methoxy groups -OCH3 is 1. The second kappa shape index (κ2) is 12.8. The maximum atomic E-state index is 13.9. The molecule has 0 radical (unpaired) electrons. The number of nitro benzene ring substituents is 1. The van der Waals surface area contributed by atoms with Crippen LogP contribution in [0.1, 0.15) is 50.5 Å². The van der Waals surface area contributed by atoms with Gasteiger partial charge in [0.05, 0.1) is 34.7 Å². The van der Waals surface area contributed by atoms with Gasteiger partial charge in [0.25, 0.3) is 11.2 Å². The van der Waals surface area contributed by atoms with E-state index in [0.29, 0.717) is 40.3 Å². The Balaban J connectivity index is 1.79. The molecule has 9 nitrogen and oxygen atoms in total. The summed E-state index contributed by atoms with van der Waals surface area (Å²) in [5, 5.41) is 11.4. The number of aromatic nitrogens is 2. The van der Waals surface area contributed by atoms with Gasteiger partial charge in [-0.15, -0.1) is 0 Å². The quantitative estimate of drug-likeness (QED) is 0.0985. The average Bonchev–Trinajstić information content (AvgIpc) is 2.98. The largest absolute Gasteiger partial charge is 0.495 e. The molecule has 0 aliphatic rings. The Labute approximate surface area is 232 Å². The van der Waals surface area contributed by atoms with Crippen LogP contribution in [0.2, 0.25) is 0 Å². The van der Waals surface area contributed by atoms with E-state index >= 15 is 0 Å². The monoisotopic (exact) mass is 540 g/mol. The summed E-state index contributed by atoms with van der Waals surface area (Å²) in [6, 6.07) is 19.8. The van der Waals surface area contributed by atoms with Crippen molar-refractivity contribution in [2.45, 2.75) is 39.2 Å². The maximum absolute atomic E-state index is 13.9. The van der Waals surface area contributed by atoms with E-state index < -0.39 is 11.0 Å². The number of hydrogen-bond acceptors (Lipinski definition) is 6. The molecule has 3 aromatic carbocycles. The number of benzene rings is 3. The first kappa shape index (κ1) is 28.2. The fraction of sp³-hybridized carbons (Fsp3) is 0.258. The molecular formula is C31H32N4O5. The third kappa shape index (κ3) is 6.09. The van der Waals surface area contributed by atoms with E-state index in [2.05, 4.69) is 6.92 Å². The van der Waals surface area contributed by atoms with E-state index in [-0.39, 0.29) is 17.2 Å². The lowest BCUT2D eigenvalue weighted by molar-refractivity contribution is -0.384. The molecule has 0 N–H and O–H groups in total. The number of nitrogens with zero attached hydrogens (tertiary/aromatic N) is 4. The van der Waals surface area contributed by atoms with Crippen LogP contribution in [0.4, 0.5) is 5.69 Å². The molecule has 206 valence electrons. The summed E-state index contributed by atoms with van der Waals surface area (Å²) >= 11 is 0. The number of rotatable bonds is 11. The highest BCUT2D eigenvalue weighted by atomic mass is 16.6. The van der Waals surface area contributed by atoms with Gasteiger partial charge in [-0.05, 0) is 61.4 Å². The van der Waals surface area contributed by atoms with E-state index in [1.54, 1.807) is 60.6 Å². The molecule has 1 atom stereocenters. The van der Waals surface area contributed by atoms with Gasteiger partial charge in [0.2, 0.25) is 5.91 Å². The van der Waals surface area contributed by atoms with Crippen molar-refractivity contribution in [3.8, 4) is 11.4 Å². The minimum atomic E-state index is -0.562. The summed E-state index contributed by atoms with van der Waals surface area (Å²) in [4.78, 5) is 44.6. The van der Waals surface area contributed by atoms with Crippen LogP contribution in [0.25, 0.3) is 22.7 Å². The van der Waals surface area contributed by atoms with E-state index in [9.17, 15) is 19.7 Å². The molecule has 40 heavy (non-hydrogen) atoms. The van der Waals surface area contributed by atoms with Crippen molar-refractivity contribution in [1.29, 1.82) is 0 Å². The minimum absolute atomic E-state index is 0.0185. The first-order valence-electron chi connectivity index (χ1n) is 13.2. The fourth-order valence-electron chi connectivity index (χ4n) is 4.61. The van der Waals surface area contributed by atoms with Crippen molar-refractivity contribution in [3.05, 3.63) is 111 Å². The zero-order valence-corrected chi connectivity index (χ0v) is 22.8. The van der Waals surface area contributed by atoms with Crippen molar-refractivity contribution in [1.82, 2.24) is 14.5 Å². The van der Waals surface area contributed by atoms with Crippen LogP contribution in [-0.2, 0) is 4.79 Å². The highest BCUT2D eigenvalue weighted by Crippen LogP contribution is 2.28. The van der Waals surface area contributed by atoms with Crippen LogP contribution in [0, 0.1) is 10.1 Å². The topological polar surface area (TPSA) is 108 Å². The SMILES string of the molecule is CCCCCN(C(=O)C=Cc1ccc([N+](=O)[O-])cc1)C(C)c1nc2ccccc2c(=O)n1-c1ccccc1OC. The number of unbranched alkanes of at least 4 members (excludes halogenated alkanes) is 2. The van der Waals surface area contributed by atoms with E-state index in [4.69, 9.17) is 9.72 Å². The average molecular weight is 541 g/mol. The van der Waals surface area contributed by atoms with E-state index in [1.165, 1.54) is 22.8 Å². The fourth-order valence-corrected chi connectivity index (χ4v) is 4.61. The molecule has 0 spiro atoms. The zero-order chi connectivity index (χ0) is 28.6. The number of carbonyl (C=O) groups is 1. The summed E-state index contributed by atoms with van der Waals surface area (Å²) in [5.41, 5.74) is 1.48. The van der Waals surface area contributed by atoms with E-state index in [0.717, 1.165) is 19.3 Å². The molecule has 4 rings (SSSR count). The standard InChI is InChI=1S/C31H32N4O5/c1-4-5-10-21-33(29(36)20-17-23-15-18-24(19-16-23)35(38)39)22(2)30-32-26-12-7-6-11-25(26)31(37)34(30)27-13-8-9-14-28(27)40-3/h6-9,11-20,22H,4-5,10,21H2,1-3H3. The van der Waals surface area contributed by atoms with Gasteiger partial charge < -0.3 is 9.64 Å². The molecule has 9 heteroatoms. The number of non-ortho nitro benzene ring substituents is 1. The second-order valence-corrected chi connectivity index (χ2v) is 9.40. The van der Waals surface area contributed by atoms with Crippen LogP contribution in [0.5, 0.6) is 5.75 Å². The summed E-state index contributed by atoms with van der Waals surface area (Å²) in [6.45, 7) is 4.42. The first-order chi connectivity index (χ1) is 19.3. The summed E-state index contributed by atoms with van der Waals surface area (Å²) in [5.74, 6) is 0.676. The molecule has 0 fully saturated rings. The molecule has 0 aliphatic carbocycles. The van der Waals surface area contributed by atoms with Crippen molar-refractivity contribution in [2.75, 3.05) is 13.7 Å². The predicted molar refractivity (Wildman–Crippen MR) is 156 cm³/mol. The number of amides is 1. The van der Waals surface area contributed by atoms with Crippen LogP contribution in [0.15, 0.2) is 83.7 Å². The van der Waals surface area contributed by atoms with Gasteiger partial charge >= 0.3 is 0 Å². The zero-order valence-electron chi connectivity index (χ0n) is 22.8. The van der Waals surface area contributed by atoms with Gasteiger partial charge in [-0.3, -0.25) is 24.3 Å². The Morgan fingerprint density at radius 3 is 2.48 bits per heavy atom. The normalized spacial score (nSPS) is 12.0. The molecule has 1 aromatic heterocycles. The van der Waals surface area contributed by atoms with Gasteiger partial charge in [-0.1, -0.05) is 44.0 Å². The van der Waals surface area contributed by atoms with Crippen molar-refractivity contribution >= 4 is 28.6 Å². The molecule has 1 amide bonds. The van der Waals surface area contributed by atoms with Crippen LogP contribution in [-0.4, -0.2) is 38.9 Å². The molecule has 0 saturated carbocycles. The molecule has 1 heterocycles. The Bertz CT molecular complexity index is 1590. The Morgan fingerprint density at radius 2 is 1.77 bits per heavy atom. The molecule has 0 aliphatic heterocycles. The highest BCUT2D eigenvalue weighted by molar-refractivity contribution is 5.92. The number of ether oxygens (including phenoxy) is 1. The van der Waals surface area contributed by atoms with Gasteiger partial charge in [0, 0.05) is 24.8 Å². The van der Waals surface area contributed by atoms with Crippen molar-refractivity contribution in [2.24, 2.45) is 0 Å². The van der Waals surface area contributed by atoms with Gasteiger partial charge in [0.1, 0.15) is 11.6 Å². The van der Waals surface area contributed by atoms with E-state index in [1.807, 2.05) is 25.1 Å². The van der Waals surface area contributed by atoms with Crippen molar-refractivity contribution in [3.63, 3.8) is 0 Å². The second-order valence-electron chi connectivity index (χ2n) is 9.40. The third-order valence-electron chi connectivity index (χ3n) is 6.78. The molecular weight excluding hydrogens is 508 g/mol. The lowest BCUT2D eigenvalue weighted by Crippen LogP contribution is -2.37. The number of nitro groups is 1. The minimum Gasteiger partial charge on any atom is -0.495 e. The van der Waals surface area contributed by atoms with Crippen LogP contribution in [0.3, 0.4) is 0 Å². The van der Waals surface area contributed by atoms with Gasteiger partial charge in [-0.25, -0.2) is 4.98 Å². The van der Waals surface area contributed by atoms with Gasteiger partial charge in [0.15, 0.2) is 0 Å². The number of hydrogen-bond donors (Lipinski definition) is 0.